The number of rotatable bonds is 2. The lowest BCUT2D eigenvalue weighted by Gasteiger charge is -2.35. The van der Waals surface area contributed by atoms with Crippen LogP contribution in [0.4, 0.5) is 23.7 Å². The molecular weight excluding hydrogens is 285 g/mol. The number of halogens is 3. The van der Waals surface area contributed by atoms with Crippen molar-refractivity contribution in [3.63, 3.8) is 0 Å². The van der Waals surface area contributed by atoms with Gasteiger partial charge in [-0.15, -0.1) is 0 Å². The normalized spacial score (nSPS) is 16.0. The lowest BCUT2D eigenvalue weighted by atomic mass is 10.1. The van der Waals surface area contributed by atoms with Gasteiger partial charge >= 0.3 is 12.3 Å². The summed E-state index contributed by atoms with van der Waals surface area (Å²) in [4.78, 5) is 15.1. The predicted octanol–water partition coefficient (Wildman–Crippen LogP) is 2.98. The zero-order valence-electron chi connectivity index (χ0n) is 11.7. The van der Waals surface area contributed by atoms with Crippen LogP contribution in [0.5, 0.6) is 0 Å². The van der Waals surface area contributed by atoms with E-state index >= 15 is 0 Å². The third-order valence-corrected chi connectivity index (χ3v) is 3.37. The van der Waals surface area contributed by atoms with Crippen molar-refractivity contribution in [3.05, 3.63) is 29.8 Å². The highest BCUT2D eigenvalue weighted by atomic mass is 19.4. The van der Waals surface area contributed by atoms with Crippen molar-refractivity contribution in [1.82, 2.24) is 4.90 Å². The summed E-state index contributed by atoms with van der Waals surface area (Å²) in [5, 5.41) is 0. The largest absolute Gasteiger partial charge is 0.450 e. The van der Waals surface area contributed by atoms with E-state index in [1.54, 1.807) is 11.8 Å². The number of carbonyl (C=O) groups excluding carboxylic acids is 1. The maximum atomic E-state index is 12.5. The molecular formula is C14H17F3N2O2. The molecule has 0 aromatic heterocycles. The number of benzene rings is 1. The maximum Gasteiger partial charge on any atom is 0.416 e. The number of alkyl halides is 3. The average Bonchev–Trinajstić information content (AvgIpc) is 2.47. The van der Waals surface area contributed by atoms with E-state index in [0.717, 1.165) is 17.8 Å². The first-order chi connectivity index (χ1) is 9.91. The highest BCUT2D eigenvalue weighted by Gasteiger charge is 2.30. The number of amides is 1. The number of hydrogen-bond acceptors (Lipinski definition) is 3. The van der Waals surface area contributed by atoms with Crippen LogP contribution >= 0.6 is 0 Å². The van der Waals surface area contributed by atoms with Crippen molar-refractivity contribution in [2.75, 3.05) is 37.7 Å². The Morgan fingerprint density at radius 2 is 1.71 bits per heavy atom. The molecule has 116 valence electrons. The fourth-order valence-electron chi connectivity index (χ4n) is 2.22. The summed E-state index contributed by atoms with van der Waals surface area (Å²) in [5.41, 5.74) is 0.0721. The van der Waals surface area contributed by atoms with E-state index < -0.39 is 11.7 Å². The Labute approximate surface area is 121 Å². The second kappa shape index (κ2) is 6.24. The Morgan fingerprint density at radius 1 is 1.14 bits per heavy atom. The Morgan fingerprint density at radius 3 is 2.19 bits per heavy atom. The molecule has 0 saturated carbocycles. The fourth-order valence-corrected chi connectivity index (χ4v) is 2.22. The van der Waals surface area contributed by atoms with Crippen LogP contribution in [0.1, 0.15) is 12.5 Å². The van der Waals surface area contributed by atoms with Gasteiger partial charge in [-0.05, 0) is 31.2 Å². The summed E-state index contributed by atoms with van der Waals surface area (Å²) in [6.07, 6.45) is -4.66. The molecule has 7 heteroatoms. The Kier molecular flexibility index (Phi) is 4.59. The lowest BCUT2D eigenvalue weighted by Crippen LogP contribution is -2.49. The van der Waals surface area contributed by atoms with Crippen LogP contribution in [0.25, 0.3) is 0 Å². The van der Waals surface area contributed by atoms with Gasteiger partial charge in [0, 0.05) is 31.9 Å². The highest BCUT2D eigenvalue weighted by Crippen LogP contribution is 2.30. The van der Waals surface area contributed by atoms with Gasteiger partial charge in [0.15, 0.2) is 0 Å². The molecule has 1 heterocycles. The van der Waals surface area contributed by atoms with Gasteiger partial charge in [-0.2, -0.15) is 13.2 Å². The summed E-state index contributed by atoms with van der Waals surface area (Å²) in [5.74, 6) is 0. The first kappa shape index (κ1) is 15.5. The maximum absolute atomic E-state index is 12.5. The quantitative estimate of drug-likeness (QED) is 0.842. The number of nitrogens with zero attached hydrogens (tertiary/aromatic N) is 2. The summed E-state index contributed by atoms with van der Waals surface area (Å²) >= 11 is 0. The average molecular weight is 302 g/mol. The molecule has 4 nitrogen and oxygen atoms in total. The van der Waals surface area contributed by atoms with Crippen LogP contribution in [0.3, 0.4) is 0 Å². The molecule has 2 rings (SSSR count). The molecule has 0 aliphatic carbocycles. The molecule has 1 aliphatic rings. The van der Waals surface area contributed by atoms with Crippen LogP contribution < -0.4 is 4.90 Å². The molecule has 1 aliphatic heterocycles. The van der Waals surface area contributed by atoms with Gasteiger partial charge in [0.05, 0.1) is 12.2 Å². The first-order valence-corrected chi connectivity index (χ1v) is 6.75. The van der Waals surface area contributed by atoms with Gasteiger partial charge in [-0.3, -0.25) is 0 Å². The third-order valence-electron chi connectivity index (χ3n) is 3.37. The summed E-state index contributed by atoms with van der Waals surface area (Å²) in [6.45, 7) is 4.22. The Hall–Kier alpha value is -1.92. The minimum Gasteiger partial charge on any atom is -0.450 e. The molecule has 1 saturated heterocycles. The van der Waals surface area contributed by atoms with E-state index in [2.05, 4.69) is 0 Å². The molecule has 0 unspecified atom stereocenters. The molecule has 21 heavy (non-hydrogen) atoms. The number of piperazine rings is 1. The van der Waals surface area contributed by atoms with E-state index in [0.29, 0.717) is 32.8 Å². The highest BCUT2D eigenvalue weighted by molar-refractivity contribution is 5.68. The van der Waals surface area contributed by atoms with E-state index in [4.69, 9.17) is 4.74 Å². The molecule has 0 bridgehead atoms. The van der Waals surface area contributed by atoms with Gasteiger partial charge in [0.25, 0.3) is 0 Å². The third kappa shape index (κ3) is 3.80. The van der Waals surface area contributed by atoms with Crippen molar-refractivity contribution in [1.29, 1.82) is 0 Å². The van der Waals surface area contributed by atoms with Gasteiger partial charge in [-0.1, -0.05) is 0 Å². The first-order valence-electron chi connectivity index (χ1n) is 6.75. The topological polar surface area (TPSA) is 32.8 Å². The van der Waals surface area contributed by atoms with Crippen molar-refractivity contribution in [2.45, 2.75) is 13.1 Å². The van der Waals surface area contributed by atoms with E-state index in [-0.39, 0.29) is 6.09 Å². The number of ether oxygens (including phenoxy) is 1. The molecule has 0 N–H and O–H groups in total. The molecule has 0 radical (unpaired) electrons. The van der Waals surface area contributed by atoms with Gasteiger partial charge in [0.2, 0.25) is 0 Å². The molecule has 1 amide bonds. The Bertz CT molecular complexity index is 480. The minimum absolute atomic E-state index is 0.331. The summed E-state index contributed by atoms with van der Waals surface area (Å²) in [6, 6.07) is 5.08. The second-order valence-electron chi connectivity index (χ2n) is 4.72. The van der Waals surface area contributed by atoms with Crippen LogP contribution in [-0.2, 0) is 10.9 Å². The van der Waals surface area contributed by atoms with Crippen LogP contribution in [0.2, 0.25) is 0 Å². The van der Waals surface area contributed by atoms with Crippen molar-refractivity contribution < 1.29 is 22.7 Å². The monoisotopic (exact) mass is 302 g/mol. The van der Waals surface area contributed by atoms with Crippen LogP contribution in [0, 0.1) is 0 Å². The van der Waals surface area contributed by atoms with Gasteiger partial charge < -0.3 is 14.5 Å². The number of anilines is 1. The molecule has 0 spiro atoms. The Balaban J connectivity index is 1.95. The van der Waals surface area contributed by atoms with E-state index in [9.17, 15) is 18.0 Å². The summed E-state index contributed by atoms with van der Waals surface area (Å²) < 4.78 is 42.4. The van der Waals surface area contributed by atoms with E-state index in [1.165, 1.54) is 12.1 Å². The molecule has 1 fully saturated rings. The number of carbonyl (C=O) groups is 1. The van der Waals surface area contributed by atoms with Gasteiger partial charge in [-0.25, -0.2) is 4.79 Å². The lowest BCUT2D eigenvalue weighted by molar-refractivity contribution is -0.137. The fraction of sp³-hybridized carbons (Fsp3) is 0.500. The molecule has 1 aromatic carbocycles. The second-order valence-corrected chi connectivity index (χ2v) is 4.72. The van der Waals surface area contributed by atoms with Gasteiger partial charge in [0.1, 0.15) is 0 Å². The smallest absolute Gasteiger partial charge is 0.416 e. The predicted molar refractivity (Wildman–Crippen MR) is 72.3 cm³/mol. The van der Waals surface area contributed by atoms with Crippen LogP contribution in [0.15, 0.2) is 24.3 Å². The molecule has 1 aromatic rings. The standard InChI is InChI=1S/C14H17F3N2O2/c1-2-21-13(20)19-9-7-18(8-10-19)12-5-3-11(4-6-12)14(15,16)17/h3-6H,2,7-10H2,1H3. The zero-order chi connectivity index (χ0) is 15.5. The minimum atomic E-state index is -4.32. The number of hydrogen-bond donors (Lipinski definition) is 0. The SMILES string of the molecule is CCOC(=O)N1CCN(c2ccc(C(F)(F)F)cc2)CC1. The van der Waals surface area contributed by atoms with Crippen molar-refractivity contribution in [2.24, 2.45) is 0 Å². The molecule has 0 atom stereocenters. The van der Waals surface area contributed by atoms with E-state index in [1.807, 2.05) is 4.90 Å². The van der Waals surface area contributed by atoms with Crippen molar-refractivity contribution in [3.8, 4) is 0 Å². The summed E-state index contributed by atoms with van der Waals surface area (Å²) in [7, 11) is 0. The van der Waals surface area contributed by atoms with Crippen LogP contribution in [-0.4, -0.2) is 43.8 Å². The van der Waals surface area contributed by atoms with Crippen molar-refractivity contribution >= 4 is 11.8 Å². The zero-order valence-corrected chi connectivity index (χ0v) is 11.7.